The minimum atomic E-state index is -4.30. The molecule has 0 aliphatic carbocycles. The molecule has 0 fully saturated rings. The van der Waals surface area contributed by atoms with E-state index in [1.807, 2.05) is 39.1 Å². The molecule has 2 aromatic rings. The predicted molar refractivity (Wildman–Crippen MR) is 78.3 cm³/mol. The molecule has 112 valence electrons. The number of benzene rings is 2. The van der Waals surface area contributed by atoms with Crippen molar-refractivity contribution in [3.63, 3.8) is 0 Å². The highest BCUT2D eigenvalue weighted by Crippen LogP contribution is 2.31. The molecule has 1 N–H and O–H groups in total. The Bertz CT molecular complexity index is 615. The largest absolute Gasteiger partial charge is 0.416 e. The number of rotatable bonds is 3. The molecule has 21 heavy (non-hydrogen) atoms. The molecular weight excluding hydrogens is 275 g/mol. The minimum absolute atomic E-state index is 0.118. The molecule has 4 heteroatoms. The Morgan fingerprint density at radius 3 is 2.10 bits per heavy atom. The first-order valence-corrected chi connectivity index (χ1v) is 6.75. The average molecular weight is 293 g/mol. The fourth-order valence-corrected chi connectivity index (χ4v) is 2.45. The maximum absolute atomic E-state index is 12.6. The summed E-state index contributed by atoms with van der Waals surface area (Å²) in [5, 5.41) is 3.18. The van der Waals surface area contributed by atoms with E-state index in [4.69, 9.17) is 0 Å². The first-order valence-electron chi connectivity index (χ1n) is 6.75. The van der Waals surface area contributed by atoms with Crippen LogP contribution in [-0.4, -0.2) is 7.05 Å². The van der Waals surface area contributed by atoms with Gasteiger partial charge in [0.05, 0.1) is 11.6 Å². The van der Waals surface area contributed by atoms with Crippen LogP contribution in [0.15, 0.2) is 42.5 Å². The molecule has 0 aliphatic rings. The van der Waals surface area contributed by atoms with Crippen molar-refractivity contribution in [3.8, 4) is 0 Å². The van der Waals surface area contributed by atoms with Crippen molar-refractivity contribution in [3.05, 3.63) is 70.3 Å². The molecule has 1 unspecified atom stereocenters. The molecule has 2 rings (SSSR count). The van der Waals surface area contributed by atoms with Crippen LogP contribution in [0.25, 0.3) is 0 Å². The smallest absolute Gasteiger partial charge is 0.309 e. The number of halogens is 3. The summed E-state index contributed by atoms with van der Waals surface area (Å²) >= 11 is 0. The lowest BCUT2D eigenvalue weighted by Gasteiger charge is -2.21. The van der Waals surface area contributed by atoms with Gasteiger partial charge in [0.1, 0.15) is 0 Å². The van der Waals surface area contributed by atoms with Gasteiger partial charge in [0.15, 0.2) is 0 Å². The maximum Gasteiger partial charge on any atom is 0.416 e. The number of alkyl halides is 3. The van der Waals surface area contributed by atoms with Gasteiger partial charge in [-0.3, -0.25) is 0 Å². The summed E-state index contributed by atoms with van der Waals surface area (Å²) < 4.78 is 37.9. The van der Waals surface area contributed by atoms with Crippen LogP contribution in [0, 0.1) is 13.8 Å². The number of hydrogen-bond donors (Lipinski definition) is 1. The van der Waals surface area contributed by atoms with Crippen LogP contribution in [0.2, 0.25) is 0 Å². The van der Waals surface area contributed by atoms with Gasteiger partial charge < -0.3 is 5.32 Å². The summed E-state index contributed by atoms with van der Waals surface area (Å²) in [6.07, 6.45) is -4.30. The summed E-state index contributed by atoms with van der Waals surface area (Å²) in [4.78, 5) is 0. The third kappa shape index (κ3) is 3.27. The highest BCUT2D eigenvalue weighted by molar-refractivity contribution is 5.41. The molecule has 2 aromatic carbocycles. The quantitative estimate of drug-likeness (QED) is 0.870. The highest BCUT2D eigenvalue weighted by atomic mass is 19.4. The molecule has 1 atom stereocenters. The molecule has 0 radical (unpaired) electrons. The molecule has 0 heterocycles. The first-order chi connectivity index (χ1) is 9.84. The Kier molecular flexibility index (Phi) is 4.37. The zero-order valence-corrected chi connectivity index (χ0v) is 12.3. The molecule has 0 aromatic heterocycles. The van der Waals surface area contributed by atoms with Crippen molar-refractivity contribution in [2.75, 3.05) is 7.05 Å². The summed E-state index contributed by atoms with van der Waals surface area (Å²) in [5.41, 5.74) is 3.59. The number of aryl methyl sites for hydroxylation is 1. The fraction of sp³-hybridized carbons (Fsp3) is 0.294. The second-order valence-electron chi connectivity index (χ2n) is 5.13. The fourth-order valence-electron chi connectivity index (χ4n) is 2.45. The van der Waals surface area contributed by atoms with Crippen molar-refractivity contribution in [1.29, 1.82) is 0 Å². The van der Waals surface area contributed by atoms with Gasteiger partial charge in [-0.05, 0) is 55.3 Å². The lowest BCUT2D eigenvalue weighted by molar-refractivity contribution is -0.137. The van der Waals surface area contributed by atoms with Crippen LogP contribution >= 0.6 is 0 Å². The predicted octanol–water partition coefficient (Wildman–Crippen LogP) is 4.63. The van der Waals surface area contributed by atoms with Crippen molar-refractivity contribution in [2.45, 2.75) is 26.1 Å². The van der Waals surface area contributed by atoms with E-state index >= 15 is 0 Å². The van der Waals surface area contributed by atoms with E-state index in [0.29, 0.717) is 0 Å². The lowest BCUT2D eigenvalue weighted by atomic mass is 9.92. The zero-order valence-electron chi connectivity index (χ0n) is 12.3. The standard InChI is InChI=1S/C17H18F3N/c1-11-5-4-6-15(12(11)2)16(21-3)13-7-9-14(10-8-13)17(18,19)20/h4-10,16,21H,1-3H3. The second-order valence-corrected chi connectivity index (χ2v) is 5.13. The summed E-state index contributed by atoms with van der Waals surface area (Å²) in [6.45, 7) is 4.05. The van der Waals surface area contributed by atoms with E-state index in [-0.39, 0.29) is 6.04 Å². The molecule has 0 saturated carbocycles. The Labute approximate surface area is 122 Å². The van der Waals surface area contributed by atoms with E-state index in [1.54, 1.807) is 0 Å². The molecule has 1 nitrogen and oxygen atoms in total. The van der Waals surface area contributed by atoms with E-state index < -0.39 is 11.7 Å². The minimum Gasteiger partial charge on any atom is -0.309 e. The van der Waals surface area contributed by atoms with Crippen molar-refractivity contribution in [1.82, 2.24) is 5.32 Å². The van der Waals surface area contributed by atoms with Gasteiger partial charge in [-0.25, -0.2) is 0 Å². The Balaban J connectivity index is 2.40. The molecular formula is C17H18F3N. The van der Waals surface area contributed by atoms with Gasteiger partial charge >= 0.3 is 6.18 Å². The van der Waals surface area contributed by atoms with E-state index in [0.717, 1.165) is 28.8 Å². The zero-order chi connectivity index (χ0) is 15.6. The summed E-state index contributed by atoms with van der Waals surface area (Å²) in [7, 11) is 1.81. The number of hydrogen-bond acceptors (Lipinski definition) is 1. The van der Waals surface area contributed by atoms with Crippen molar-refractivity contribution < 1.29 is 13.2 Å². The van der Waals surface area contributed by atoms with Gasteiger partial charge in [-0.15, -0.1) is 0 Å². The highest BCUT2D eigenvalue weighted by Gasteiger charge is 2.30. The SMILES string of the molecule is CNC(c1ccc(C(F)(F)F)cc1)c1cccc(C)c1C. The normalized spacial score (nSPS) is 13.2. The molecule has 0 amide bonds. The maximum atomic E-state index is 12.6. The van der Waals surface area contributed by atoms with Gasteiger partial charge in [0.25, 0.3) is 0 Å². The second kappa shape index (κ2) is 5.90. The van der Waals surface area contributed by atoms with Crippen LogP contribution in [0.4, 0.5) is 13.2 Å². The lowest BCUT2D eigenvalue weighted by Crippen LogP contribution is -2.19. The average Bonchev–Trinajstić information content (AvgIpc) is 2.44. The summed E-state index contributed by atoms with van der Waals surface area (Å²) in [5.74, 6) is 0. The molecule has 0 bridgehead atoms. The summed E-state index contributed by atoms with van der Waals surface area (Å²) in [6, 6.07) is 11.2. The van der Waals surface area contributed by atoms with Crippen LogP contribution in [0.3, 0.4) is 0 Å². The monoisotopic (exact) mass is 293 g/mol. The van der Waals surface area contributed by atoms with Gasteiger partial charge in [0.2, 0.25) is 0 Å². The van der Waals surface area contributed by atoms with Gasteiger partial charge in [0, 0.05) is 0 Å². The Morgan fingerprint density at radius 1 is 0.952 bits per heavy atom. The van der Waals surface area contributed by atoms with Crippen LogP contribution in [0.1, 0.15) is 33.9 Å². The van der Waals surface area contributed by atoms with Crippen molar-refractivity contribution >= 4 is 0 Å². The molecule has 0 saturated heterocycles. The third-order valence-electron chi connectivity index (χ3n) is 3.82. The van der Waals surface area contributed by atoms with E-state index in [2.05, 4.69) is 5.32 Å². The van der Waals surface area contributed by atoms with Crippen LogP contribution in [-0.2, 0) is 6.18 Å². The van der Waals surface area contributed by atoms with Crippen LogP contribution in [0.5, 0.6) is 0 Å². The van der Waals surface area contributed by atoms with E-state index in [9.17, 15) is 13.2 Å². The topological polar surface area (TPSA) is 12.0 Å². The van der Waals surface area contributed by atoms with Gasteiger partial charge in [-0.2, -0.15) is 13.2 Å². The molecule has 0 aliphatic heterocycles. The van der Waals surface area contributed by atoms with Crippen molar-refractivity contribution in [2.24, 2.45) is 0 Å². The third-order valence-corrected chi connectivity index (χ3v) is 3.82. The first kappa shape index (κ1) is 15.6. The van der Waals surface area contributed by atoms with E-state index in [1.165, 1.54) is 17.7 Å². The van der Waals surface area contributed by atoms with Crippen LogP contribution < -0.4 is 5.32 Å². The molecule has 0 spiro atoms. The van der Waals surface area contributed by atoms with Gasteiger partial charge in [-0.1, -0.05) is 30.3 Å². The number of nitrogens with one attached hydrogen (secondary N) is 1. The Morgan fingerprint density at radius 2 is 1.57 bits per heavy atom. The Hall–Kier alpha value is -1.81.